The Morgan fingerprint density at radius 1 is 0.900 bits per heavy atom. The number of hydrogen-bond acceptors (Lipinski definition) is 5. The van der Waals surface area contributed by atoms with E-state index < -0.39 is 0 Å². The number of nitrogens with zero attached hydrogens (tertiary/aromatic N) is 2. The third kappa shape index (κ3) is 4.15. The van der Waals surface area contributed by atoms with Crippen molar-refractivity contribution in [2.24, 2.45) is 0 Å². The first-order chi connectivity index (χ1) is 14.8. The molecule has 4 rings (SSSR count). The summed E-state index contributed by atoms with van der Waals surface area (Å²) in [6, 6.07) is 18.2. The van der Waals surface area contributed by atoms with Crippen LogP contribution >= 0.6 is 0 Å². The number of methoxy groups -OCH3 is 1. The van der Waals surface area contributed by atoms with Crippen LogP contribution in [0.25, 0.3) is 33.6 Å². The number of rotatable bonds is 9. The van der Waals surface area contributed by atoms with E-state index in [-0.39, 0.29) is 0 Å². The predicted octanol–water partition coefficient (Wildman–Crippen LogP) is 6.56. The molecule has 0 radical (unpaired) electrons. The summed E-state index contributed by atoms with van der Waals surface area (Å²) in [4.78, 5) is 8.97. The second kappa shape index (κ2) is 9.44. The van der Waals surface area contributed by atoms with Crippen LogP contribution in [0.3, 0.4) is 0 Å². The Morgan fingerprint density at radius 3 is 2.43 bits per heavy atom. The van der Waals surface area contributed by atoms with Gasteiger partial charge in [0.05, 0.1) is 12.5 Å². The predicted molar refractivity (Wildman–Crippen MR) is 122 cm³/mol. The zero-order valence-corrected chi connectivity index (χ0v) is 17.5. The quantitative estimate of drug-likeness (QED) is 0.322. The molecule has 0 fully saturated rings. The first-order valence-corrected chi connectivity index (χ1v) is 10.5. The van der Waals surface area contributed by atoms with Crippen LogP contribution in [0.4, 0.5) is 5.82 Å². The smallest absolute Gasteiger partial charge is 0.232 e. The summed E-state index contributed by atoms with van der Waals surface area (Å²) in [7, 11) is 1.67. The van der Waals surface area contributed by atoms with E-state index in [1.54, 1.807) is 13.4 Å². The fraction of sp³-hybridized carbons (Fsp3) is 0.280. The number of ether oxygens (including phenoxy) is 1. The molecule has 154 valence electrons. The highest BCUT2D eigenvalue weighted by molar-refractivity contribution is 6.05. The minimum Gasteiger partial charge on any atom is -0.497 e. The lowest BCUT2D eigenvalue weighted by Crippen LogP contribution is -2.04. The van der Waals surface area contributed by atoms with Crippen LogP contribution in [0.2, 0.25) is 0 Å². The lowest BCUT2D eigenvalue weighted by atomic mass is 9.99. The summed E-state index contributed by atoms with van der Waals surface area (Å²) in [5, 5.41) is 4.42. The molecule has 1 N–H and O–H groups in total. The Hall–Kier alpha value is -3.34. The summed E-state index contributed by atoms with van der Waals surface area (Å²) in [6.45, 7) is 3.10. The van der Waals surface area contributed by atoms with Crippen molar-refractivity contribution in [3.05, 3.63) is 60.9 Å². The van der Waals surface area contributed by atoms with E-state index in [0.717, 1.165) is 52.4 Å². The number of benzene rings is 2. The van der Waals surface area contributed by atoms with Crippen LogP contribution in [-0.4, -0.2) is 23.6 Å². The van der Waals surface area contributed by atoms with Gasteiger partial charge in [0, 0.05) is 17.7 Å². The van der Waals surface area contributed by atoms with Gasteiger partial charge in [-0.25, -0.2) is 9.97 Å². The van der Waals surface area contributed by atoms with Gasteiger partial charge >= 0.3 is 0 Å². The molecule has 2 aromatic heterocycles. The van der Waals surface area contributed by atoms with Crippen LogP contribution in [0.15, 0.2) is 65.3 Å². The standard InChI is InChI=1S/C25H27N3O2/c1-3-4-5-9-16-26-24-22-21(18-12-14-20(29-2)15-13-18)23(19-10-7-6-8-11-19)30-25(22)28-17-27-24/h6-8,10-15,17H,3-5,9,16H2,1-2H3,(H,26,27,28). The highest BCUT2D eigenvalue weighted by Gasteiger charge is 2.22. The third-order valence-electron chi connectivity index (χ3n) is 5.23. The Labute approximate surface area is 177 Å². The highest BCUT2D eigenvalue weighted by Crippen LogP contribution is 2.42. The topological polar surface area (TPSA) is 60.2 Å². The van der Waals surface area contributed by atoms with E-state index in [0.29, 0.717) is 5.71 Å². The van der Waals surface area contributed by atoms with Crippen molar-refractivity contribution in [2.45, 2.75) is 32.6 Å². The van der Waals surface area contributed by atoms with Gasteiger partial charge in [0.25, 0.3) is 0 Å². The van der Waals surface area contributed by atoms with Crippen molar-refractivity contribution in [3.63, 3.8) is 0 Å². The van der Waals surface area contributed by atoms with Gasteiger partial charge in [-0.3, -0.25) is 0 Å². The molecular weight excluding hydrogens is 374 g/mol. The van der Waals surface area contributed by atoms with E-state index in [1.165, 1.54) is 19.3 Å². The molecule has 5 nitrogen and oxygen atoms in total. The number of unbranched alkanes of at least 4 members (excludes halogenated alkanes) is 3. The molecule has 0 spiro atoms. The molecule has 4 aromatic rings. The van der Waals surface area contributed by atoms with Crippen LogP contribution in [0, 0.1) is 0 Å². The Kier molecular flexibility index (Phi) is 6.28. The zero-order valence-electron chi connectivity index (χ0n) is 17.5. The van der Waals surface area contributed by atoms with E-state index in [2.05, 4.69) is 34.3 Å². The molecule has 0 saturated heterocycles. The molecule has 0 bridgehead atoms. The van der Waals surface area contributed by atoms with Gasteiger partial charge in [-0.1, -0.05) is 68.7 Å². The average molecular weight is 402 g/mol. The maximum atomic E-state index is 6.26. The number of fused-ring (bicyclic) bond motifs is 1. The van der Waals surface area contributed by atoms with Gasteiger partial charge < -0.3 is 14.5 Å². The molecule has 0 saturated carbocycles. The van der Waals surface area contributed by atoms with E-state index in [1.807, 2.05) is 42.5 Å². The Balaban J connectivity index is 1.81. The van der Waals surface area contributed by atoms with Crippen molar-refractivity contribution in [1.29, 1.82) is 0 Å². The lowest BCUT2D eigenvalue weighted by molar-refractivity contribution is 0.415. The maximum Gasteiger partial charge on any atom is 0.232 e. The maximum absolute atomic E-state index is 6.26. The average Bonchev–Trinajstić information content (AvgIpc) is 3.20. The molecule has 30 heavy (non-hydrogen) atoms. The number of furan rings is 1. The fourth-order valence-electron chi connectivity index (χ4n) is 3.65. The Bertz CT molecular complexity index is 1090. The molecule has 0 unspecified atom stereocenters. The van der Waals surface area contributed by atoms with Crippen molar-refractivity contribution < 1.29 is 9.15 Å². The number of anilines is 1. The van der Waals surface area contributed by atoms with Crippen LogP contribution in [-0.2, 0) is 0 Å². The Morgan fingerprint density at radius 2 is 1.70 bits per heavy atom. The monoisotopic (exact) mass is 401 g/mol. The molecule has 0 amide bonds. The summed E-state index contributed by atoms with van der Waals surface area (Å²) in [5.41, 5.74) is 3.63. The summed E-state index contributed by atoms with van der Waals surface area (Å²) < 4.78 is 11.6. The van der Waals surface area contributed by atoms with Crippen molar-refractivity contribution in [2.75, 3.05) is 19.0 Å². The van der Waals surface area contributed by atoms with E-state index in [4.69, 9.17) is 9.15 Å². The van der Waals surface area contributed by atoms with Crippen LogP contribution in [0.5, 0.6) is 5.75 Å². The SMILES string of the molecule is CCCCCCNc1ncnc2oc(-c3ccccc3)c(-c3ccc(OC)cc3)c12. The van der Waals surface area contributed by atoms with Gasteiger partial charge in [0.2, 0.25) is 5.71 Å². The van der Waals surface area contributed by atoms with Crippen LogP contribution < -0.4 is 10.1 Å². The summed E-state index contributed by atoms with van der Waals surface area (Å²) >= 11 is 0. The summed E-state index contributed by atoms with van der Waals surface area (Å²) in [5.74, 6) is 2.43. The van der Waals surface area contributed by atoms with Crippen molar-refractivity contribution in [1.82, 2.24) is 9.97 Å². The fourth-order valence-corrected chi connectivity index (χ4v) is 3.65. The van der Waals surface area contributed by atoms with E-state index >= 15 is 0 Å². The normalized spacial score (nSPS) is 11.0. The van der Waals surface area contributed by atoms with Crippen molar-refractivity contribution in [3.8, 4) is 28.2 Å². The highest BCUT2D eigenvalue weighted by atomic mass is 16.5. The van der Waals surface area contributed by atoms with Gasteiger partial charge in [-0.2, -0.15) is 0 Å². The van der Waals surface area contributed by atoms with Crippen molar-refractivity contribution >= 4 is 16.9 Å². The third-order valence-corrected chi connectivity index (χ3v) is 5.23. The molecule has 0 aliphatic heterocycles. The van der Waals surface area contributed by atoms with E-state index in [9.17, 15) is 0 Å². The molecule has 2 heterocycles. The first kappa shape index (κ1) is 20.0. The molecular formula is C25H27N3O2. The summed E-state index contributed by atoms with van der Waals surface area (Å²) in [6.07, 6.45) is 6.36. The zero-order chi connectivity index (χ0) is 20.8. The first-order valence-electron chi connectivity index (χ1n) is 10.5. The van der Waals surface area contributed by atoms with Gasteiger partial charge in [-0.15, -0.1) is 0 Å². The largest absolute Gasteiger partial charge is 0.497 e. The van der Waals surface area contributed by atoms with Crippen LogP contribution in [0.1, 0.15) is 32.6 Å². The number of nitrogens with one attached hydrogen (secondary N) is 1. The molecule has 5 heteroatoms. The van der Waals surface area contributed by atoms with Gasteiger partial charge in [0.15, 0.2) is 0 Å². The van der Waals surface area contributed by atoms with Gasteiger partial charge in [-0.05, 0) is 24.1 Å². The molecule has 0 atom stereocenters. The number of aromatic nitrogens is 2. The minimum atomic E-state index is 0.589. The second-order valence-electron chi connectivity index (χ2n) is 7.29. The molecule has 2 aromatic carbocycles. The number of hydrogen-bond donors (Lipinski definition) is 1. The second-order valence-corrected chi connectivity index (χ2v) is 7.29. The lowest BCUT2D eigenvalue weighted by Gasteiger charge is -2.09. The molecule has 0 aliphatic rings. The van der Waals surface area contributed by atoms with Gasteiger partial charge in [0.1, 0.15) is 23.7 Å². The minimum absolute atomic E-state index is 0.589. The molecule has 0 aliphatic carbocycles.